The summed E-state index contributed by atoms with van der Waals surface area (Å²) in [6, 6.07) is 0. The minimum atomic E-state index is -0.375. The molecule has 1 unspecified atom stereocenters. The molecule has 2 heterocycles. The van der Waals surface area contributed by atoms with Gasteiger partial charge in [-0.15, -0.1) is 23.5 Å². The Morgan fingerprint density at radius 2 is 1.23 bits per heavy atom. The van der Waals surface area contributed by atoms with E-state index in [1.165, 1.54) is 0 Å². The van der Waals surface area contributed by atoms with Gasteiger partial charge in [-0.05, 0) is 86.2 Å². The molecule has 3 N–H and O–H groups in total. The molecule has 1 aliphatic carbocycles. The lowest BCUT2D eigenvalue weighted by Gasteiger charge is -2.30. The van der Waals surface area contributed by atoms with Crippen LogP contribution in [0.2, 0.25) is 0 Å². The fraction of sp³-hybridized carbons (Fsp3) is 0.531. The highest BCUT2D eigenvalue weighted by Crippen LogP contribution is 2.60. The van der Waals surface area contributed by atoms with Gasteiger partial charge in [-0.2, -0.15) is 0 Å². The molecule has 0 spiro atoms. The van der Waals surface area contributed by atoms with Crippen molar-refractivity contribution in [1.82, 2.24) is 9.80 Å². The zero-order valence-electron chi connectivity index (χ0n) is 38.2. The molecule has 0 saturated heterocycles. The summed E-state index contributed by atoms with van der Waals surface area (Å²) >= 11 is 3.40. The molecule has 0 amide bonds. The highest BCUT2D eigenvalue weighted by Gasteiger charge is 2.39. The van der Waals surface area contributed by atoms with Crippen molar-refractivity contribution in [2.75, 3.05) is 116 Å². The number of nitrogens with zero attached hydrogens (tertiary/aromatic N) is 3. The Bertz CT molecular complexity index is 2680. The van der Waals surface area contributed by atoms with Crippen LogP contribution in [-0.4, -0.2) is 116 Å². The Kier molecular flexibility index (Phi) is 13.5. The molecule has 2 aliphatic heterocycles. The molecule has 11 nitrogen and oxygen atoms in total. The first-order valence-corrected chi connectivity index (χ1v) is 24.4. The van der Waals surface area contributed by atoms with E-state index < -0.39 is 0 Å². The van der Waals surface area contributed by atoms with Crippen molar-refractivity contribution in [3.05, 3.63) is 37.1 Å². The molecule has 3 aliphatic rings. The third-order valence-electron chi connectivity index (χ3n) is 12.9. The molecule has 0 radical (unpaired) electrons. The molecular weight excluding hydrogens is 817 g/mol. The Balaban J connectivity index is 1.48. The molecule has 5 aromatic carbocycles. The second-order valence-electron chi connectivity index (χ2n) is 17.6. The van der Waals surface area contributed by atoms with Gasteiger partial charge in [-0.1, -0.05) is 37.3 Å². The standard InChI is InChI=1S/C49H64N6O5S2/c1-27-26-29-31-32-34-37(36-33(31)38(41-48(46(36)59-8)61-24-20-52-41)43(56)40(29)51-19-15-11-13-17-23-55(5)6)47(60-9)49-42(53-21-25-62-49)39(34)44(57)45(58-7)35(32)30(27)28(2)50-18-14-10-12-16-22-54(3)4/h26,30,51-53H,10-25H2,1-9H3. The lowest BCUT2D eigenvalue weighted by atomic mass is 9.80. The fourth-order valence-corrected chi connectivity index (χ4v) is 12.3. The monoisotopic (exact) mass is 880 g/mol. The summed E-state index contributed by atoms with van der Waals surface area (Å²) in [6.45, 7) is 9.15. The number of hydrogen-bond acceptors (Lipinski definition) is 13. The quantitative estimate of drug-likeness (QED) is 0.0318. The van der Waals surface area contributed by atoms with E-state index in [0.29, 0.717) is 53.3 Å². The number of thioether (sulfide) groups is 2. The van der Waals surface area contributed by atoms with Gasteiger partial charge in [0.2, 0.25) is 10.9 Å². The highest BCUT2D eigenvalue weighted by molar-refractivity contribution is 8.00. The van der Waals surface area contributed by atoms with Gasteiger partial charge in [0, 0.05) is 87.4 Å². The largest absolute Gasteiger partial charge is 0.495 e. The molecule has 62 heavy (non-hydrogen) atoms. The normalized spacial score (nSPS) is 16.3. The fourth-order valence-electron chi connectivity index (χ4n) is 10.2. The van der Waals surface area contributed by atoms with Crippen LogP contribution in [0, 0.1) is 0 Å². The number of ether oxygens (including phenoxy) is 3. The van der Waals surface area contributed by atoms with Crippen molar-refractivity contribution in [3.8, 4) is 17.2 Å². The van der Waals surface area contributed by atoms with Crippen LogP contribution < -0.4 is 41.0 Å². The Morgan fingerprint density at radius 1 is 0.694 bits per heavy atom. The van der Waals surface area contributed by atoms with E-state index in [4.69, 9.17) is 19.2 Å². The number of rotatable bonds is 19. The molecule has 8 rings (SSSR count). The first-order valence-electron chi connectivity index (χ1n) is 22.4. The SMILES string of the molecule is COc1c2c3c4c(c(NCCCCCCN(C)C)c(=O)c5c6c(c(OC)c(c7c(OC)c8c(c(c1=O)c73)NCCS8)c54)SCCN6)C=C(C)C2C(C)=NCCCCCCN(C)C. The Labute approximate surface area is 374 Å². The van der Waals surface area contributed by atoms with Gasteiger partial charge in [0.1, 0.15) is 11.5 Å². The van der Waals surface area contributed by atoms with E-state index in [-0.39, 0.29) is 16.8 Å². The average molecular weight is 881 g/mol. The summed E-state index contributed by atoms with van der Waals surface area (Å²) in [5, 5.41) is 17.3. The summed E-state index contributed by atoms with van der Waals surface area (Å²) in [7, 11) is 13.5. The minimum Gasteiger partial charge on any atom is -0.495 e. The summed E-state index contributed by atoms with van der Waals surface area (Å²) < 4.78 is 19.3. The summed E-state index contributed by atoms with van der Waals surface area (Å²) in [5.41, 5.74) is 5.54. The van der Waals surface area contributed by atoms with Crippen LogP contribution in [0.5, 0.6) is 17.2 Å². The zero-order chi connectivity index (χ0) is 43.8. The molecule has 0 fully saturated rings. The summed E-state index contributed by atoms with van der Waals surface area (Å²) in [6.07, 6.45) is 10.9. The van der Waals surface area contributed by atoms with Crippen LogP contribution in [0.3, 0.4) is 0 Å². The topological polar surface area (TPSA) is 117 Å². The average Bonchev–Trinajstić information content (AvgIpc) is 3.39. The maximum Gasteiger partial charge on any atom is 0.230 e. The van der Waals surface area contributed by atoms with E-state index in [2.05, 4.69) is 73.9 Å². The highest BCUT2D eigenvalue weighted by atomic mass is 32.2. The van der Waals surface area contributed by atoms with Crippen molar-refractivity contribution >= 4 is 95.5 Å². The van der Waals surface area contributed by atoms with Gasteiger partial charge >= 0.3 is 0 Å². The Morgan fingerprint density at radius 3 is 1.79 bits per heavy atom. The first-order chi connectivity index (χ1) is 30.0. The number of hydrogen-bond donors (Lipinski definition) is 3. The van der Waals surface area contributed by atoms with Crippen LogP contribution >= 0.6 is 23.5 Å². The second kappa shape index (κ2) is 18.9. The van der Waals surface area contributed by atoms with Gasteiger partial charge in [-0.25, -0.2) is 0 Å². The molecule has 0 saturated carbocycles. The first kappa shape index (κ1) is 44.4. The number of nitrogens with one attached hydrogen (secondary N) is 3. The Hall–Kier alpha value is -4.17. The van der Waals surface area contributed by atoms with Gasteiger partial charge < -0.3 is 40.0 Å². The van der Waals surface area contributed by atoms with Crippen LogP contribution in [0.25, 0.3) is 49.2 Å². The third kappa shape index (κ3) is 7.68. The predicted molar refractivity (Wildman–Crippen MR) is 266 cm³/mol. The number of aliphatic imine (C=N–C) groups is 1. The van der Waals surface area contributed by atoms with Crippen LogP contribution in [-0.2, 0) is 0 Å². The lowest BCUT2D eigenvalue weighted by molar-refractivity contribution is 0.390. The zero-order valence-corrected chi connectivity index (χ0v) is 39.8. The van der Waals surface area contributed by atoms with Crippen LogP contribution in [0.1, 0.15) is 82.3 Å². The second-order valence-corrected chi connectivity index (χ2v) is 19.8. The number of benzene rings is 5. The van der Waals surface area contributed by atoms with Crippen molar-refractivity contribution < 1.29 is 14.2 Å². The smallest absolute Gasteiger partial charge is 0.230 e. The van der Waals surface area contributed by atoms with E-state index in [1.807, 2.05) is 0 Å². The molecular formula is C49H64N6O5S2. The number of unbranched alkanes of at least 4 members (excludes halogenated alkanes) is 6. The maximum absolute atomic E-state index is 15.6. The van der Waals surface area contributed by atoms with E-state index >= 15 is 9.59 Å². The number of fused-ring (bicyclic) bond motifs is 5. The van der Waals surface area contributed by atoms with Crippen molar-refractivity contribution in [2.24, 2.45) is 4.99 Å². The lowest BCUT2D eigenvalue weighted by Crippen LogP contribution is -2.21. The molecule has 5 aromatic rings. The van der Waals surface area contributed by atoms with Crippen LogP contribution in [0.4, 0.5) is 17.1 Å². The molecule has 332 valence electrons. The van der Waals surface area contributed by atoms with Crippen molar-refractivity contribution in [1.29, 1.82) is 0 Å². The van der Waals surface area contributed by atoms with Gasteiger partial charge in [0.05, 0.1) is 59.0 Å². The van der Waals surface area contributed by atoms with E-state index in [1.54, 1.807) is 44.9 Å². The minimum absolute atomic E-state index is 0.0368. The number of allylic oxidation sites excluding steroid dienone is 1. The van der Waals surface area contributed by atoms with E-state index in [0.717, 1.165) is 158 Å². The maximum atomic E-state index is 15.6. The molecule has 13 heteroatoms. The molecule has 0 bridgehead atoms. The summed E-state index contributed by atoms with van der Waals surface area (Å²) in [4.78, 5) is 42.6. The van der Waals surface area contributed by atoms with Crippen molar-refractivity contribution in [3.63, 3.8) is 0 Å². The molecule has 1 atom stereocenters. The number of anilines is 3. The van der Waals surface area contributed by atoms with Gasteiger partial charge in [-0.3, -0.25) is 14.6 Å². The third-order valence-corrected chi connectivity index (χ3v) is 15.1. The van der Waals surface area contributed by atoms with Crippen molar-refractivity contribution in [2.45, 2.75) is 80.9 Å². The van der Waals surface area contributed by atoms with Crippen LogP contribution in [0.15, 0.2) is 29.9 Å². The summed E-state index contributed by atoms with van der Waals surface area (Å²) in [5.74, 6) is 2.96. The van der Waals surface area contributed by atoms with Gasteiger partial charge in [0.15, 0.2) is 5.75 Å². The predicted octanol–water partition coefficient (Wildman–Crippen LogP) is 9.57. The van der Waals surface area contributed by atoms with Gasteiger partial charge in [0.25, 0.3) is 0 Å². The molecule has 0 aromatic heterocycles. The number of methoxy groups -OCH3 is 3. The van der Waals surface area contributed by atoms with E-state index in [9.17, 15) is 0 Å².